The van der Waals surface area contributed by atoms with Crippen LogP contribution in [-0.4, -0.2) is 22.7 Å². The summed E-state index contributed by atoms with van der Waals surface area (Å²) in [5.41, 5.74) is 1.09. The standard InChI is InChI=1S/C16H22ClN3O/c1-13(2)10-19-11-14-4-3-5-15(17)16(14)21-9-8-20-7-6-18-12-20/h3-7,12-13,19H,8-11H2,1-2H3. The Hall–Kier alpha value is -1.52. The highest BCUT2D eigenvalue weighted by molar-refractivity contribution is 6.32. The fraction of sp³-hybridized carbons (Fsp3) is 0.438. The summed E-state index contributed by atoms with van der Waals surface area (Å²) in [5.74, 6) is 1.39. The molecule has 0 aliphatic heterocycles. The largest absolute Gasteiger partial charge is 0.490 e. The highest BCUT2D eigenvalue weighted by Crippen LogP contribution is 2.28. The van der Waals surface area contributed by atoms with Gasteiger partial charge in [-0.2, -0.15) is 0 Å². The van der Waals surface area contributed by atoms with E-state index >= 15 is 0 Å². The lowest BCUT2D eigenvalue weighted by Crippen LogP contribution is -2.19. The summed E-state index contributed by atoms with van der Waals surface area (Å²) < 4.78 is 7.86. The zero-order valence-electron chi connectivity index (χ0n) is 12.6. The molecule has 0 spiro atoms. The molecule has 114 valence electrons. The number of ether oxygens (including phenoxy) is 1. The number of hydrogen-bond acceptors (Lipinski definition) is 3. The van der Waals surface area contributed by atoms with E-state index in [9.17, 15) is 0 Å². The van der Waals surface area contributed by atoms with Gasteiger partial charge in [-0.05, 0) is 18.5 Å². The third-order valence-corrected chi connectivity index (χ3v) is 3.37. The number of para-hydroxylation sites is 1. The van der Waals surface area contributed by atoms with Crippen molar-refractivity contribution in [2.45, 2.75) is 26.9 Å². The van der Waals surface area contributed by atoms with Crippen molar-refractivity contribution in [3.05, 3.63) is 47.5 Å². The van der Waals surface area contributed by atoms with Gasteiger partial charge in [0, 0.05) is 24.5 Å². The molecule has 0 fully saturated rings. The zero-order valence-corrected chi connectivity index (χ0v) is 13.3. The van der Waals surface area contributed by atoms with Crippen LogP contribution in [-0.2, 0) is 13.1 Å². The van der Waals surface area contributed by atoms with Crippen LogP contribution >= 0.6 is 11.6 Å². The summed E-state index contributed by atoms with van der Waals surface area (Å²) in [6.45, 7) is 7.43. The molecular formula is C16H22ClN3O. The Morgan fingerprint density at radius 1 is 1.38 bits per heavy atom. The Kier molecular flexibility index (Phi) is 6.08. The van der Waals surface area contributed by atoms with E-state index in [-0.39, 0.29) is 0 Å². The molecular weight excluding hydrogens is 286 g/mol. The van der Waals surface area contributed by atoms with Crippen LogP contribution in [0, 0.1) is 5.92 Å². The van der Waals surface area contributed by atoms with Crippen molar-refractivity contribution in [1.82, 2.24) is 14.9 Å². The molecule has 0 radical (unpaired) electrons. The number of nitrogens with zero attached hydrogens (tertiary/aromatic N) is 2. The molecule has 0 aliphatic carbocycles. The average Bonchev–Trinajstić information content (AvgIpc) is 2.94. The van der Waals surface area contributed by atoms with Gasteiger partial charge in [-0.25, -0.2) is 4.98 Å². The van der Waals surface area contributed by atoms with Crippen molar-refractivity contribution in [2.24, 2.45) is 5.92 Å². The van der Waals surface area contributed by atoms with Crippen molar-refractivity contribution in [2.75, 3.05) is 13.2 Å². The van der Waals surface area contributed by atoms with Gasteiger partial charge in [0.1, 0.15) is 12.4 Å². The van der Waals surface area contributed by atoms with Crippen LogP contribution in [0.4, 0.5) is 0 Å². The minimum atomic E-state index is 0.567. The molecule has 1 aromatic heterocycles. The summed E-state index contributed by atoms with van der Waals surface area (Å²) in [4.78, 5) is 4.01. The van der Waals surface area contributed by atoms with Gasteiger partial charge in [0.15, 0.2) is 0 Å². The van der Waals surface area contributed by atoms with E-state index in [0.29, 0.717) is 17.5 Å². The van der Waals surface area contributed by atoms with Gasteiger partial charge in [-0.3, -0.25) is 0 Å². The van der Waals surface area contributed by atoms with E-state index < -0.39 is 0 Å². The molecule has 1 aromatic carbocycles. The summed E-state index contributed by atoms with van der Waals surface area (Å²) in [7, 11) is 0. The number of hydrogen-bond donors (Lipinski definition) is 1. The van der Waals surface area contributed by atoms with Gasteiger partial charge in [-0.15, -0.1) is 0 Å². The van der Waals surface area contributed by atoms with Crippen molar-refractivity contribution in [3.63, 3.8) is 0 Å². The van der Waals surface area contributed by atoms with Crippen molar-refractivity contribution in [3.8, 4) is 5.75 Å². The van der Waals surface area contributed by atoms with Gasteiger partial charge < -0.3 is 14.6 Å². The molecule has 0 amide bonds. The summed E-state index contributed by atoms with van der Waals surface area (Å²) in [6.07, 6.45) is 5.46. The first-order valence-corrected chi connectivity index (χ1v) is 7.61. The Morgan fingerprint density at radius 2 is 2.24 bits per heavy atom. The molecule has 5 heteroatoms. The topological polar surface area (TPSA) is 39.1 Å². The number of rotatable bonds is 8. The molecule has 0 saturated heterocycles. The minimum absolute atomic E-state index is 0.567. The molecule has 4 nitrogen and oxygen atoms in total. The second-order valence-corrected chi connectivity index (χ2v) is 5.81. The predicted molar refractivity (Wildman–Crippen MR) is 85.7 cm³/mol. The minimum Gasteiger partial charge on any atom is -0.490 e. The third kappa shape index (κ3) is 5.06. The van der Waals surface area contributed by atoms with Crippen LogP contribution in [0.25, 0.3) is 0 Å². The smallest absolute Gasteiger partial charge is 0.142 e. The molecule has 0 aliphatic rings. The molecule has 0 atom stereocenters. The maximum Gasteiger partial charge on any atom is 0.142 e. The number of nitrogens with one attached hydrogen (secondary N) is 1. The van der Waals surface area contributed by atoms with E-state index in [4.69, 9.17) is 16.3 Å². The summed E-state index contributed by atoms with van der Waals surface area (Å²) in [6, 6.07) is 5.86. The highest BCUT2D eigenvalue weighted by atomic mass is 35.5. The summed E-state index contributed by atoms with van der Waals surface area (Å²) >= 11 is 6.26. The van der Waals surface area contributed by atoms with Gasteiger partial charge in [-0.1, -0.05) is 37.6 Å². The number of aromatic nitrogens is 2. The SMILES string of the molecule is CC(C)CNCc1cccc(Cl)c1OCCn1ccnc1. The first-order chi connectivity index (χ1) is 10.2. The van der Waals surface area contributed by atoms with E-state index in [1.165, 1.54) is 0 Å². The maximum atomic E-state index is 6.26. The quantitative estimate of drug-likeness (QED) is 0.813. The fourth-order valence-electron chi connectivity index (χ4n) is 2.02. The third-order valence-electron chi connectivity index (χ3n) is 3.07. The number of imidazole rings is 1. The molecule has 0 bridgehead atoms. The molecule has 0 saturated carbocycles. The number of halogens is 1. The van der Waals surface area contributed by atoms with Gasteiger partial charge in [0.25, 0.3) is 0 Å². The average molecular weight is 308 g/mol. The van der Waals surface area contributed by atoms with E-state index in [2.05, 4.69) is 24.1 Å². The highest BCUT2D eigenvalue weighted by Gasteiger charge is 2.08. The van der Waals surface area contributed by atoms with Gasteiger partial charge in [0.2, 0.25) is 0 Å². The molecule has 1 heterocycles. The monoisotopic (exact) mass is 307 g/mol. The molecule has 2 rings (SSSR count). The van der Waals surface area contributed by atoms with Crippen molar-refractivity contribution >= 4 is 11.6 Å². The second kappa shape index (κ2) is 8.05. The second-order valence-electron chi connectivity index (χ2n) is 5.40. The van der Waals surface area contributed by atoms with Gasteiger partial charge >= 0.3 is 0 Å². The maximum absolute atomic E-state index is 6.26. The Bertz CT molecular complexity index is 540. The Labute approximate surface area is 131 Å². The molecule has 1 N–H and O–H groups in total. The van der Waals surface area contributed by atoms with E-state index in [1.54, 1.807) is 12.5 Å². The first-order valence-electron chi connectivity index (χ1n) is 7.23. The van der Waals surface area contributed by atoms with Crippen LogP contribution in [0.5, 0.6) is 5.75 Å². The van der Waals surface area contributed by atoms with Crippen LogP contribution in [0.2, 0.25) is 5.02 Å². The lowest BCUT2D eigenvalue weighted by Gasteiger charge is -2.14. The van der Waals surface area contributed by atoms with E-state index in [0.717, 1.165) is 30.9 Å². The zero-order chi connectivity index (χ0) is 15.1. The first kappa shape index (κ1) is 15.9. The summed E-state index contributed by atoms with van der Waals surface area (Å²) in [5, 5.41) is 4.08. The number of benzene rings is 1. The van der Waals surface area contributed by atoms with E-state index in [1.807, 2.05) is 29.0 Å². The molecule has 21 heavy (non-hydrogen) atoms. The van der Waals surface area contributed by atoms with Crippen LogP contribution in [0.3, 0.4) is 0 Å². The normalized spacial score (nSPS) is 11.0. The van der Waals surface area contributed by atoms with Crippen LogP contribution in [0.1, 0.15) is 19.4 Å². The molecule has 0 unspecified atom stereocenters. The Morgan fingerprint density at radius 3 is 2.95 bits per heavy atom. The van der Waals surface area contributed by atoms with Gasteiger partial charge in [0.05, 0.1) is 17.9 Å². The van der Waals surface area contributed by atoms with Crippen LogP contribution in [0.15, 0.2) is 36.9 Å². The predicted octanol–water partition coefficient (Wildman–Crippen LogP) is 3.36. The Balaban J connectivity index is 1.93. The van der Waals surface area contributed by atoms with Crippen molar-refractivity contribution in [1.29, 1.82) is 0 Å². The van der Waals surface area contributed by atoms with Crippen molar-refractivity contribution < 1.29 is 4.74 Å². The molecule has 2 aromatic rings. The van der Waals surface area contributed by atoms with Crippen LogP contribution < -0.4 is 10.1 Å². The lowest BCUT2D eigenvalue weighted by molar-refractivity contribution is 0.294. The lowest BCUT2D eigenvalue weighted by atomic mass is 10.2. The fourth-order valence-corrected chi connectivity index (χ4v) is 2.27.